The predicted molar refractivity (Wildman–Crippen MR) is 40.2 cm³/mol. The van der Waals surface area contributed by atoms with Gasteiger partial charge in [-0.05, 0) is 12.3 Å². The molecule has 0 aromatic rings. The Hall–Kier alpha value is -0.350. The van der Waals surface area contributed by atoms with Crippen molar-refractivity contribution in [3.8, 4) is 0 Å². The van der Waals surface area contributed by atoms with Crippen molar-refractivity contribution in [1.29, 1.82) is 0 Å². The first-order valence-electron chi connectivity index (χ1n) is 3.05. The van der Waals surface area contributed by atoms with Crippen molar-refractivity contribution in [3.05, 3.63) is 12.7 Å². The molecular weight excluding hydrogens is 152 g/mol. The van der Waals surface area contributed by atoms with Crippen molar-refractivity contribution in [3.63, 3.8) is 0 Å². The van der Waals surface area contributed by atoms with Crippen LogP contribution < -0.4 is 0 Å². The molecule has 10 heavy (non-hydrogen) atoms. The minimum Gasteiger partial charge on any atom is -0.272 e. The summed E-state index contributed by atoms with van der Waals surface area (Å²) in [4.78, 5) is 0. The maximum Gasteiger partial charge on any atom is 0.257 e. The van der Waals surface area contributed by atoms with Gasteiger partial charge in [0.1, 0.15) is 0 Å². The van der Waals surface area contributed by atoms with Crippen LogP contribution in [0.4, 0.5) is 0 Å². The van der Waals surface area contributed by atoms with Crippen molar-refractivity contribution in [2.45, 2.75) is 13.3 Å². The zero-order valence-corrected chi connectivity index (χ0v) is 6.84. The molecule has 0 bridgehead atoms. The standard InChI is InChI=1S/C6H12O3S/c1-3-4-6(2)5-9-10(7)8/h3,6,10H,1,4-5H2,2H3. The summed E-state index contributed by atoms with van der Waals surface area (Å²) in [5.41, 5.74) is 0. The molecule has 0 aromatic carbocycles. The van der Waals surface area contributed by atoms with E-state index in [2.05, 4.69) is 10.8 Å². The van der Waals surface area contributed by atoms with Gasteiger partial charge in [-0.1, -0.05) is 13.0 Å². The van der Waals surface area contributed by atoms with E-state index in [1.165, 1.54) is 0 Å². The van der Waals surface area contributed by atoms with Crippen LogP contribution in [0.5, 0.6) is 0 Å². The number of allylic oxidation sites excluding steroid dienone is 1. The Bertz CT molecular complexity index is 154. The van der Waals surface area contributed by atoms with Gasteiger partial charge in [-0.3, -0.25) is 4.18 Å². The van der Waals surface area contributed by atoms with Crippen molar-refractivity contribution in [2.75, 3.05) is 6.61 Å². The Morgan fingerprint density at radius 2 is 2.30 bits per heavy atom. The molecule has 0 aliphatic rings. The molecule has 0 amide bonds. The van der Waals surface area contributed by atoms with E-state index in [0.29, 0.717) is 0 Å². The summed E-state index contributed by atoms with van der Waals surface area (Å²) in [7, 11) is -2.68. The highest BCUT2D eigenvalue weighted by molar-refractivity contribution is 7.67. The first kappa shape index (κ1) is 9.65. The minimum atomic E-state index is -2.68. The van der Waals surface area contributed by atoms with Crippen LogP contribution in [0, 0.1) is 5.92 Å². The number of thiol groups is 1. The largest absolute Gasteiger partial charge is 0.272 e. The van der Waals surface area contributed by atoms with Crippen LogP contribution in [0.15, 0.2) is 12.7 Å². The third-order valence-corrected chi connectivity index (χ3v) is 1.39. The smallest absolute Gasteiger partial charge is 0.257 e. The zero-order valence-electron chi connectivity index (χ0n) is 5.95. The Kier molecular flexibility index (Phi) is 5.25. The fraction of sp³-hybridized carbons (Fsp3) is 0.667. The molecule has 0 N–H and O–H groups in total. The van der Waals surface area contributed by atoms with E-state index < -0.39 is 11.0 Å². The summed E-state index contributed by atoms with van der Waals surface area (Å²) in [5, 5.41) is 0. The lowest BCUT2D eigenvalue weighted by molar-refractivity contribution is 0.277. The van der Waals surface area contributed by atoms with Crippen molar-refractivity contribution >= 4 is 11.0 Å². The third-order valence-electron chi connectivity index (χ3n) is 1.03. The van der Waals surface area contributed by atoms with Gasteiger partial charge in [0.2, 0.25) is 0 Å². The lowest BCUT2D eigenvalue weighted by Gasteiger charge is -2.03. The Balaban J connectivity index is 3.38. The van der Waals surface area contributed by atoms with Gasteiger partial charge in [-0.2, -0.15) is 0 Å². The molecule has 0 rings (SSSR count). The molecule has 0 radical (unpaired) electrons. The Morgan fingerprint density at radius 3 is 2.70 bits per heavy atom. The normalized spacial score (nSPS) is 13.4. The highest BCUT2D eigenvalue weighted by Gasteiger charge is 1.98. The number of rotatable bonds is 5. The van der Waals surface area contributed by atoms with E-state index >= 15 is 0 Å². The molecule has 60 valence electrons. The van der Waals surface area contributed by atoms with Gasteiger partial charge in [0.15, 0.2) is 0 Å². The molecular formula is C6H12O3S. The lowest BCUT2D eigenvalue weighted by atomic mass is 10.1. The van der Waals surface area contributed by atoms with E-state index in [1.807, 2.05) is 6.92 Å². The summed E-state index contributed by atoms with van der Waals surface area (Å²) in [5.74, 6) is 0.227. The highest BCUT2D eigenvalue weighted by atomic mass is 32.2. The minimum absolute atomic E-state index is 0.227. The lowest BCUT2D eigenvalue weighted by Crippen LogP contribution is -2.03. The molecule has 0 spiro atoms. The molecule has 0 saturated carbocycles. The quantitative estimate of drug-likeness (QED) is 0.481. The molecule has 0 aliphatic carbocycles. The summed E-state index contributed by atoms with van der Waals surface area (Å²) < 4.78 is 24.2. The van der Waals surface area contributed by atoms with Gasteiger partial charge in [0, 0.05) is 0 Å². The van der Waals surface area contributed by atoms with Crippen molar-refractivity contribution in [2.24, 2.45) is 5.92 Å². The van der Waals surface area contributed by atoms with Gasteiger partial charge < -0.3 is 0 Å². The van der Waals surface area contributed by atoms with E-state index in [0.717, 1.165) is 6.42 Å². The van der Waals surface area contributed by atoms with Gasteiger partial charge >= 0.3 is 0 Å². The molecule has 0 aliphatic heterocycles. The zero-order chi connectivity index (χ0) is 7.98. The van der Waals surface area contributed by atoms with Crippen LogP contribution >= 0.6 is 0 Å². The van der Waals surface area contributed by atoms with Crippen LogP contribution in [0.25, 0.3) is 0 Å². The monoisotopic (exact) mass is 164 g/mol. The van der Waals surface area contributed by atoms with Gasteiger partial charge in [-0.15, -0.1) is 6.58 Å². The summed E-state index contributed by atoms with van der Waals surface area (Å²) in [6.45, 7) is 5.68. The second-order valence-electron chi connectivity index (χ2n) is 2.15. The van der Waals surface area contributed by atoms with Gasteiger partial charge in [0.05, 0.1) is 6.61 Å². The molecule has 0 fully saturated rings. The number of hydrogen-bond acceptors (Lipinski definition) is 3. The van der Waals surface area contributed by atoms with Crippen LogP contribution in [0.1, 0.15) is 13.3 Å². The topological polar surface area (TPSA) is 43.4 Å². The first-order valence-corrected chi connectivity index (χ1v) is 4.14. The molecule has 0 saturated heterocycles. The summed E-state index contributed by atoms with van der Waals surface area (Å²) >= 11 is 0. The van der Waals surface area contributed by atoms with E-state index in [4.69, 9.17) is 0 Å². The SMILES string of the molecule is C=CCC(C)CO[SH](=O)=O. The third kappa shape index (κ3) is 5.78. The van der Waals surface area contributed by atoms with E-state index in [1.54, 1.807) is 6.08 Å². The fourth-order valence-electron chi connectivity index (χ4n) is 0.541. The predicted octanol–water partition coefficient (Wildman–Crippen LogP) is 0.742. The molecule has 1 unspecified atom stereocenters. The van der Waals surface area contributed by atoms with Crippen LogP contribution in [-0.2, 0) is 15.2 Å². The highest BCUT2D eigenvalue weighted by Crippen LogP contribution is 2.01. The Morgan fingerprint density at radius 1 is 1.70 bits per heavy atom. The summed E-state index contributed by atoms with van der Waals surface area (Å²) in [6, 6.07) is 0. The van der Waals surface area contributed by atoms with Crippen LogP contribution in [-0.4, -0.2) is 15.0 Å². The second-order valence-corrected chi connectivity index (χ2v) is 2.85. The first-order chi connectivity index (χ1) is 4.66. The Labute approximate surface area is 62.9 Å². The summed E-state index contributed by atoms with van der Waals surface area (Å²) in [6.07, 6.45) is 2.52. The molecule has 1 atom stereocenters. The van der Waals surface area contributed by atoms with Crippen molar-refractivity contribution < 1.29 is 12.6 Å². The molecule has 0 heterocycles. The van der Waals surface area contributed by atoms with Crippen molar-refractivity contribution in [1.82, 2.24) is 0 Å². The molecule has 4 heteroatoms. The van der Waals surface area contributed by atoms with Gasteiger partial charge in [-0.25, -0.2) is 8.42 Å². The number of hydrogen-bond donors (Lipinski definition) is 1. The van der Waals surface area contributed by atoms with E-state index in [-0.39, 0.29) is 12.5 Å². The average molecular weight is 164 g/mol. The van der Waals surface area contributed by atoms with Gasteiger partial charge in [0.25, 0.3) is 11.0 Å². The maximum absolute atomic E-state index is 9.90. The second kappa shape index (κ2) is 5.44. The fourth-order valence-corrected chi connectivity index (χ4v) is 0.917. The van der Waals surface area contributed by atoms with E-state index in [9.17, 15) is 8.42 Å². The van der Waals surface area contributed by atoms with Crippen LogP contribution in [0.2, 0.25) is 0 Å². The van der Waals surface area contributed by atoms with Crippen LogP contribution in [0.3, 0.4) is 0 Å². The maximum atomic E-state index is 9.90. The molecule has 3 nitrogen and oxygen atoms in total. The molecule has 0 aromatic heterocycles. The average Bonchev–Trinajstić information content (AvgIpc) is 1.85.